The van der Waals surface area contributed by atoms with Crippen LogP contribution in [-0.2, 0) is 11.3 Å². The van der Waals surface area contributed by atoms with E-state index in [1.807, 2.05) is 38.1 Å². The van der Waals surface area contributed by atoms with E-state index in [4.69, 9.17) is 9.15 Å². The van der Waals surface area contributed by atoms with Gasteiger partial charge in [0.2, 0.25) is 5.89 Å². The summed E-state index contributed by atoms with van der Waals surface area (Å²) < 4.78 is 10.9. The summed E-state index contributed by atoms with van der Waals surface area (Å²) in [5, 5.41) is 17.0. The van der Waals surface area contributed by atoms with E-state index in [-0.39, 0.29) is 24.0 Å². The molecule has 3 rings (SSSR count). The van der Waals surface area contributed by atoms with Crippen molar-refractivity contribution >= 4 is 29.9 Å². The molecule has 0 unspecified atom stereocenters. The average molecular weight is 500 g/mol. The van der Waals surface area contributed by atoms with Gasteiger partial charge < -0.3 is 24.9 Å². The number of nitrogens with one attached hydrogen (secondary N) is 2. The van der Waals surface area contributed by atoms with Crippen LogP contribution >= 0.6 is 24.0 Å². The fraction of sp³-hybridized carbons (Fsp3) is 0.500. The van der Waals surface area contributed by atoms with Gasteiger partial charge in [0.1, 0.15) is 12.0 Å². The number of aliphatic hydroxyl groups is 1. The standard InChI is InChI=1S/C20H28N4O3.HI/c1-3-21-19(23-14-20(25)8-10-26-11-9-20)22-12-17-13-27-18(24-17)16-6-4-15(2)5-7-16;/h4-7,13,25H,3,8-12,14H2,1-2H3,(H2,21,22,23);1H. The number of aryl methyl sites for hydroxylation is 1. The highest BCUT2D eigenvalue weighted by Crippen LogP contribution is 2.20. The van der Waals surface area contributed by atoms with E-state index >= 15 is 0 Å². The first-order chi connectivity index (χ1) is 13.1. The molecule has 1 aromatic heterocycles. The number of halogens is 1. The molecule has 1 aliphatic rings. The quantitative estimate of drug-likeness (QED) is 0.321. The van der Waals surface area contributed by atoms with E-state index in [9.17, 15) is 5.11 Å². The van der Waals surface area contributed by atoms with Gasteiger partial charge in [-0.1, -0.05) is 17.7 Å². The summed E-state index contributed by atoms with van der Waals surface area (Å²) in [6.45, 7) is 6.80. The second kappa shape index (κ2) is 10.8. The maximum atomic E-state index is 10.6. The first-order valence-electron chi connectivity index (χ1n) is 9.42. The number of hydrogen-bond donors (Lipinski definition) is 3. The lowest BCUT2D eigenvalue weighted by atomic mass is 9.94. The molecule has 0 atom stereocenters. The minimum absolute atomic E-state index is 0. The van der Waals surface area contributed by atoms with E-state index in [1.165, 1.54) is 5.56 Å². The number of benzene rings is 1. The zero-order valence-corrected chi connectivity index (χ0v) is 18.7. The van der Waals surface area contributed by atoms with Gasteiger partial charge in [0.05, 0.1) is 12.1 Å². The highest BCUT2D eigenvalue weighted by Gasteiger charge is 2.29. The van der Waals surface area contributed by atoms with Crippen LogP contribution < -0.4 is 10.6 Å². The average Bonchev–Trinajstić information content (AvgIpc) is 3.14. The Morgan fingerprint density at radius 3 is 2.61 bits per heavy atom. The second-order valence-electron chi connectivity index (χ2n) is 6.90. The number of oxazole rings is 1. The van der Waals surface area contributed by atoms with Crippen LogP contribution in [0, 0.1) is 6.92 Å². The van der Waals surface area contributed by atoms with E-state index < -0.39 is 5.60 Å². The molecule has 7 nitrogen and oxygen atoms in total. The van der Waals surface area contributed by atoms with Crippen molar-refractivity contribution in [2.24, 2.45) is 4.99 Å². The van der Waals surface area contributed by atoms with E-state index in [0.717, 1.165) is 17.8 Å². The monoisotopic (exact) mass is 500 g/mol. The molecule has 1 saturated heterocycles. The van der Waals surface area contributed by atoms with Crippen molar-refractivity contribution < 1.29 is 14.3 Å². The van der Waals surface area contributed by atoms with Crippen LogP contribution in [0.2, 0.25) is 0 Å². The van der Waals surface area contributed by atoms with Crippen LogP contribution in [0.25, 0.3) is 11.5 Å². The Balaban J connectivity index is 0.00000280. The number of aliphatic imine (C=N–C) groups is 1. The van der Waals surface area contributed by atoms with Crippen LogP contribution in [0.3, 0.4) is 0 Å². The Kier molecular flexibility index (Phi) is 8.71. The Morgan fingerprint density at radius 2 is 1.93 bits per heavy atom. The number of ether oxygens (including phenoxy) is 1. The molecule has 1 fully saturated rings. The Hall–Kier alpha value is -1.65. The molecule has 0 saturated carbocycles. The van der Waals surface area contributed by atoms with Gasteiger partial charge in [0.25, 0.3) is 0 Å². The molecule has 0 aliphatic carbocycles. The molecule has 8 heteroatoms. The SMILES string of the molecule is CCNC(=NCc1coc(-c2ccc(C)cc2)n1)NCC1(O)CCOCC1.I. The summed E-state index contributed by atoms with van der Waals surface area (Å²) in [6.07, 6.45) is 2.89. The van der Waals surface area contributed by atoms with Crippen LogP contribution in [0.15, 0.2) is 39.9 Å². The molecule has 0 amide bonds. The molecule has 1 aliphatic heterocycles. The second-order valence-corrected chi connectivity index (χ2v) is 6.90. The van der Waals surface area contributed by atoms with E-state index in [0.29, 0.717) is 51.0 Å². The fourth-order valence-corrected chi connectivity index (χ4v) is 2.89. The first-order valence-corrected chi connectivity index (χ1v) is 9.42. The molecule has 0 bridgehead atoms. The van der Waals surface area contributed by atoms with Crippen molar-refractivity contribution in [1.82, 2.24) is 15.6 Å². The fourth-order valence-electron chi connectivity index (χ4n) is 2.89. The van der Waals surface area contributed by atoms with Gasteiger partial charge in [-0.2, -0.15) is 0 Å². The number of nitrogens with zero attached hydrogens (tertiary/aromatic N) is 2. The van der Waals surface area contributed by atoms with E-state index in [2.05, 4.69) is 20.6 Å². The third kappa shape index (κ3) is 6.46. The molecule has 3 N–H and O–H groups in total. The van der Waals surface area contributed by atoms with Crippen molar-refractivity contribution in [3.8, 4) is 11.5 Å². The molecule has 1 aromatic carbocycles. The van der Waals surface area contributed by atoms with Crippen molar-refractivity contribution in [2.75, 3.05) is 26.3 Å². The first kappa shape index (κ1) is 22.6. The van der Waals surface area contributed by atoms with Crippen molar-refractivity contribution in [1.29, 1.82) is 0 Å². The summed E-state index contributed by atoms with van der Waals surface area (Å²) >= 11 is 0. The third-order valence-electron chi connectivity index (χ3n) is 4.60. The topological polar surface area (TPSA) is 91.9 Å². The predicted molar refractivity (Wildman–Crippen MR) is 120 cm³/mol. The van der Waals surface area contributed by atoms with Gasteiger partial charge in [-0.15, -0.1) is 24.0 Å². The van der Waals surface area contributed by atoms with Crippen LogP contribution in [-0.4, -0.2) is 48.0 Å². The smallest absolute Gasteiger partial charge is 0.226 e. The van der Waals surface area contributed by atoms with Crippen LogP contribution in [0.4, 0.5) is 0 Å². The molecule has 0 spiro atoms. The maximum absolute atomic E-state index is 10.6. The lowest BCUT2D eigenvalue weighted by Crippen LogP contribution is -2.49. The van der Waals surface area contributed by atoms with Crippen LogP contribution in [0.1, 0.15) is 31.0 Å². The Bertz CT molecular complexity index is 755. The summed E-state index contributed by atoms with van der Waals surface area (Å²) in [5.41, 5.74) is 2.15. The lowest BCUT2D eigenvalue weighted by Gasteiger charge is -2.32. The molecule has 2 heterocycles. The summed E-state index contributed by atoms with van der Waals surface area (Å²) in [7, 11) is 0. The van der Waals surface area contributed by atoms with Crippen LogP contribution in [0.5, 0.6) is 0 Å². The number of hydrogen-bond acceptors (Lipinski definition) is 5. The van der Waals surface area contributed by atoms with Gasteiger partial charge >= 0.3 is 0 Å². The molecular formula is C20H29IN4O3. The predicted octanol–water partition coefficient (Wildman–Crippen LogP) is 2.86. The van der Waals surface area contributed by atoms with Gasteiger partial charge in [0, 0.05) is 44.7 Å². The Labute approximate surface area is 183 Å². The third-order valence-corrected chi connectivity index (χ3v) is 4.60. The van der Waals surface area contributed by atoms with Gasteiger partial charge in [0.15, 0.2) is 5.96 Å². The number of guanidine groups is 1. The van der Waals surface area contributed by atoms with Gasteiger partial charge in [-0.05, 0) is 26.0 Å². The van der Waals surface area contributed by atoms with Crippen molar-refractivity contribution in [2.45, 2.75) is 38.8 Å². The van der Waals surface area contributed by atoms with Gasteiger partial charge in [-0.25, -0.2) is 9.98 Å². The Morgan fingerprint density at radius 1 is 1.21 bits per heavy atom. The van der Waals surface area contributed by atoms with Crippen molar-refractivity contribution in [3.63, 3.8) is 0 Å². The highest BCUT2D eigenvalue weighted by atomic mass is 127. The maximum Gasteiger partial charge on any atom is 0.226 e. The molecule has 28 heavy (non-hydrogen) atoms. The summed E-state index contributed by atoms with van der Waals surface area (Å²) in [5.74, 6) is 1.24. The number of rotatable bonds is 6. The van der Waals surface area contributed by atoms with Gasteiger partial charge in [-0.3, -0.25) is 0 Å². The molecular weight excluding hydrogens is 471 g/mol. The molecule has 2 aromatic rings. The van der Waals surface area contributed by atoms with Crippen molar-refractivity contribution in [3.05, 3.63) is 41.8 Å². The summed E-state index contributed by atoms with van der Waals surface area (Å²) in [4.78, 5) is 9.06. The zero-order chi connectivity index (χ0) is 19.1. The zero-order valence-electron chi connectivity index (χ0n) is 16.4. The van der Waals surface area contributed by atoms with E-state index in [1.54, 1.807) is 6.26 Å². The number of aromatic nitrogens is 1. The minimum atomic E-state index is -0.749. The molecule has 0 radical (unpaired) electrons. The summed E-state index contributed by atoms with van der Waals surface area (Å²) in [6, 6.07) is 8.06. The highest BCUT2D eigenvalue weighted by molar-refractivity contribution is 14.0. The minimum Gasteiger partial charge on any atom is -0.444 e. The normalized spacial score (nSPS) is 16.3. The largest absolute Gasteiger partial charge is 0.444 e. The molecule has 154 valence electrons. The lowest BCUT2D eigenvalue weighted by molar-refractivity contribution is -0.0594.